The predicted octanol–water partition coefficient (Wildman–Crippen LogP) is 4.65. The first-order valence-electron chi connectivity index (χ1n) is 9.21. The van der Waals surface area contributed by atoms with Gasteiger partial charge < -0.3 is 14.8 Å². The number of nitrogens with one attached hydrogen (secondary N) is 1. The first kappa shape index (κ1) is 20.3. The maximum Gasteiger partial charge on any atom is 0.258 e. The summed E-state index contributed by atoms with van der Waals surface area (Å²) in [4.78, 5) is 12.5. The minimum atomic E-state index is -0.731. The molecule has 0 fully saturated rings. The summed E-state index contributed by atoms with van der Waals surface area (Å²) in [6.45, 7) is 2.02. The summed E-state index contributed by atoms with van der Waals surface area (Å²) in [5.74, 6) is -1.41. The molecule has 1 amide bonds. The van der Waals surface area contributed by atoms with Crippen LogP contribution >= 0.6 is 0 Å². The number of hydrogen-bond donors (Lipinski definition) is 1. The van der Waals surface area contributed by atoms with Crippen molar-refractivity contribution in [2.75, 3.05) is 13.2 Å². The summed E-state index contributed by atoms with van der Waals surface area (Å²) in [5.41, 5.74) is 1.73. The van der Waals surface area contributed by atoms with Crippen molar-refractivity contribution in [3.05, 3.63) is 95.6 Å². The Morgan fingerprint density at radius 1 is 0.931 bits per heavy atom. The van der Waals surface area contributed by atoms with Crippen molar-refractivity contribution < 1.29 is 23.0 Å². The van der Waals surface area contributed by atoms with Gasteiger partial charge in [0, 0.05) is 6.07 Å². The fourth-order valence-corrected chi connectivity index (χ4v) is 2.86. The Balaban J connectivity index is 1.74. The lowest BCUT2D eigenvalue weighted by Gasteiger charge is -2.20. The van der Waals surface area contributed by atoms with Gasteiger partial charge in [0.05, 0.1) is 12.6 Å². The zero-order valence-electron chi connectivity index (χ0n) is 15.9. The Morgan fingerprint density at radius 3 is 2.31 bits per heavy atom. The highest BCUT2D eigenvalue weighted by molar-refractivity contribution is 5.78. The number of hydrogen-bond acceptors (Lipinski definition) is 3. The molecule has 1 unspecified atom stereocenters. The van der Waals surface area contributed by atoms with Crippen molar-refractivity contribution in [3.63, 3.8) is 0 Å². The second-order valence-corrected chi connectivity index (χ2v) is 6.28. The molecule has 3 aromatic rings. The summed E-state index contributed by atoms with van der Waals surface area (Å²) in [6, 6.07) is 19.3. The van der Waals surface area contributed by atoms with Gasteiger partial charge in [-0.25, -0.2) is 8.78 Å². The van der Waals surface area contributed by atoms with Crippen molar-refractivity contribution in [1.82, 2.24) is 5.32 Å². The largest absolute Gasteiger partial charge is 0.494 e. The maximum absolute atomic E-state index is 13.7. The molecule has 150 valence electrons. The molecule has 0 saturated heterocycles. The van der Waals surface area contributed by atoms with E-state index in [1.807, 2.05) is 61.5 Å². The van der Waals surface area contributed by atoms with E-state index < -0.39 is 30.2 Å². The molecule has 29 heavy (non-hydrogen) atoms. The molecular formula is C23H21F2NO3. The van der Waals surface area contributed by atoms with Crippen LogP contribution in [0.4, 0.5) is 8.78 Å². The highest BCUT2D eigenvalue weighted by atomic mass is 19.1. The van der Waals surface area contributed by atoms with Crippen LogP contribution < -0.4 is 14.8 Å². The lowest BCUT2D eigenvalue weighted by Crippen LogP contribution is -2.33. The van der Waals surface area contributed by atoms with Crippen molar-refractivity contribution >= 4 is 5.91 Å². The van der Waals surface area contributed by atoms with Gasteiger partial charge in [-0.15, -0.1) is 0 Å². The molecule has 1 N–H and O–H groups in total. The summed E-state index contributed by atoms with van der Waals surface area (Å²) in [5, 5.41) is 2.88. The minimum Gasteiger partial charge on any atom is -0.494 e. The minimum absolute atomic E-state index is 0.308. The van der Waals surface area contributed by atoms with Crippen LogP contribution in [0.5, 0.6) is 11.5 Å². The number of carbonyl (C=O) groups excluding carboxylic acids is 1. The van der Waals surface area contributed by atoms with E-state index in [9.17, 15) is 13.6 Å². The molecule has 3 aromatic carbocycles. The average Bonchev–Trinajstić information content (AvgIpc) is 2.74. The van der Waals surface area contributed by atoms with E-state index >= 15 is 0 Å². The average molecular weight is 397 g/mol. The third-order valence-corrected chi connectivity index (χ3v) is 4.21. The first-order valence-corrected chi connectivity index (χ1v) is 9.21. The molecule has 1 atom stereocenters. The second kappa shape index (κ2) is 9.68. The van der Waals surface area contributed by atoms with Crippen LogP contribution in [0.25, 0.3) is 0 Å². The van der Waals surface area contributed by atoms with Crippen LogP contribution in [-0.4, -0.2) is 19.1 Å². The fourth-order valence-electron chi connectivity index (χ4n) is 2.86. The zero-order valence-corrected chi connectivity index (χ0v) is 15.9. The molecule has 0 aromatic heterocycles. The van der Waals surface area contributed by atoms with Gasteiger partial charge in [0.25, 0.3) is 5.91 Å². The Labute approximate surface area is 168 Å². The first-order chi connectivity index (χ1) is 14.1. The van der Waals surface area contributed by atoms with Crippen molar-refractivity contribution in [3.8, 4) is 11.5 Å². The SMILES string of the molecule is CCOc1ccc(C(NC(=O)COc2cc(F)ccc2F)c2ccccc2)cc1. The quantitative estimate of drug-likeness (QED) is 0.602. The molecule has 0 spiro atoms. The van der Waals surface area contributed by atoms with Gasteiger partial charge in [0.15, 0.2) is 18.2 Å². The molecule has 3 rings (SSSR count). The maximum atomic E-state index is 13.7. The summed E-state index contributed by atoms with van der Waals surface area (Å²) >= 11 is 0. The molecule has 0 aliphatic rings. The van der Waals surface area contributed by atoms with E-state index in [0.29, 0.717) is 6.61 Å². The van der Waals surface area contributed by atoms with E-state index in [2.05, 4.69) is 5.32 Å². The molecule has 0 radical (unpaired) electrons. The van der Waals surface area contributed by atoms with E-state index in [1.165, 1.54) is 0 Å². The van der Waals surface area contributed by atoms with Gasteiger partial charge in [0.1, 0.15) is 11.6 Å². The van der Waals surface area contributed by atoms with Crippen LogP contribution in [0.2, 0.25) is 0 Å². The van der Waals surface area contributed by atoms with E-state index in [4.69, 9.17) is 9.47 Å². The number of carbonyl (C=O) groups is 1. The van der Waals surface area contributed by atoms with Crippen molar-refractivity contribution in [2.45, 2.75) is 13.0 Å². The van der Waals surface area contributed by atoms with Crippen LogP contribution in [0.15, 0.2) is 72.8 Å². The Hall–Kier alpha value is -3.41. The van der Waals surface area contributed by atoms with E-state index in [0.717, 1.165) is 35.1 Å². The lowest BCUT2D eigenvalue weighted by molar-refractivity contribution is -0.123. The van der Waals surface area contributed by atoms with E-state index in [-0.39, 0.29) is 5.75 Å². The third kappa shape index (κ3) is 5.54. The Bertz CT molecular complexity index is 946. The van der Waals surface area contributed by atoms with E-state index in [1.54, 1.807) is 0 Å². The topological polar surface area (TPSA) is 47.6 Å². The summed E-state index contributed by atoms with van der Waals surface area (Å²) < 4.78 is 37.6. The predicted molar refractivity (Wildman–Crippen MR) is 106 cm³/mol. The Morgan fingerprint density at radius 2 is 1.62 bits per heavy atom. The number of amides is 1. The Kier molecular flexibility index (Phi) is 6.79. The summed E-state index contributed by atoms with van der Waals surface area (Å²) in [6.07, 6.45) is 0. The normalized spacial score (nSPS) is 11.6. The molecular weight excluding hydrogens is 376 g/mol. The number of ether oxygens (including phenoxy) is 2. The standard InChI is InChI=1S/C23H21F2NO3/c1-2-28-19-11-8-17(9-12-19)23(16-6-4-3-5-7-16)26-22(27)15-29-21-14-18(24)10-13-20(21)25/h3-14,23H,2,15H2,1H3,(H,26,27). The molecule has 0 bridgehead atoms. The fraction of sp³-hybridized carbons (Fsp3) is 0.174. The van der Waals surface area contributed by atoms with Gasteiger partial charge in [-0.1, -0.05) is 42.5 Å². The van der Waals surface area contributed by atoms with Crippen molar-refractivity contribution in [2.24, 2.45) is 0 Å². The smallest absolute Gasteiger partial charge is 0.258 e. The van der Waals surface area contributed by atoms with Gasteiger partial charge >= 0.3 is 0 Å². The highest BCUT2D eigenvalue weighted by Crippen LogP contribution is 2.24. The van der Waals surface area contributed by atoms with Crippen molar-refractivity contribution in [1.29, 1.82) is 0 Å². The zero-order chi connectivity index (χ0) is 20.6. The van der Waals surface area contributed by atoms with Crippen LogP contribution in [0, 0.1) is 11.6 Å². The highest BCUT2D eigenvalue weighted by Gasteiger charge is 2.18. The third-order valence-electron chi connectivity index (χ3n) is 4.21. The number of halogens is 2. The van der Waals surface area contributed by atoms with Gasteiger partial charge in [-0.2, -0.15) is 0 Å². The molecule has 0 saturated carbocycles. The summed E-state index contributed by atoms with van der Waals surface area (Å²) in [7, 11) is 0. The van der Waals surface area contributed by atoms with Crippen LogP contribution in [0.1, 0.15) is 24.1 Å². The molecule has 0 heterocycles. The second-order valence-electron chi connectivity index (χ2n) is 6.28. The lowest BCUT2D eigenvalue weighted by atomic mass is 9.98. The number of rotatable bonds is 8. The number of benzene rings is 3. The molecule has 4 nitrogen and oxygen atoms in total. The molecule has 0 aliphatic heterocycles. The van der Waals surface area contributed by atoms with Crippen LogP contribution in [0.3, 0.4) is 0 Å². The van der Waals surface area contributed by atoms with Gasteiger partial charge in [-0.05, 0) is 42.3 Å². The molecule has 0 aliphatic carbocycles. The molecule has 6 heteroatoms. The van der Waals surface area contributed by atoms with Crippen LogP contribution in [-0.2, 0) is 4.79 Å². The van der Waals surface area contributed by atoms with Gasteiger partial charge in [0.2, 0.25) is 0 Å². The monoisotopic (exact) mass is 397 g/mol. The van der Waals surface area contributed by atoms with Gasteiger partial charge in [-0.3, -0.25) is 4.79 Å².